The van der Waals surface area contributed by atoms with Crippen molar-refractivity contribution in [3.8, 4) is 5.75 Å². The molecule has 114 valence electrons. The van der Waals surface area contributed by atoms with E-state index in [1.54, 1.807) is 4.90 Å². The summed E-state index contributed by atoms with van der Waals surface area (Å²) in [5, 5.41) is 9.95. The Balaban J connectivity index is 1.71. The number of carbonyl (C=O) groups is 1. The first-order chi connectivity index (χ1) is 9.95. The van der Waals surface area contributed by atoms with E-state index in [2.05, 4.69) is 19.9 Å². The molecule has 1 aromatic rings. The summed E-state index contributed by atoms with van der Waals surface area (Å²) >= 11 is 0. The zero-order chi connectivity index (χ0) is 15.1. The Hall–Kier alpha value is -1.55. The highest BCUT2D eigenvalue weighted by molar-refractivity contribution is 5.83. The van der Waals surface area contributed by atoms with Gasteiger partial charge < -0.3 is 14.7 Å². The van der Waals surface area contributed by atoms with E-state index in [-0.39, 0.29) is 11.8 Å². The molecule has 2 aliphatic rings. The second-order valence-electron chi connectivity index (χ2n) is 6.47. The maximum absolute atomic E-state index is 12.6. The van der Waals surface area contributed by atoms with Crippen LogP contribution in [0.1, 0.15) is 30.0 Å². The highest BCUT2D eigenvalue weighted by Gasteiger charge is 2.35. The van der Waals surface area contributed by atoms with Crippen LogP contribution >= 0.6 is 0 Å². The molecule has 3 rings (SSSR count). The van der Waals surface area contributed by atoms with Gasteiger partial charge in [0.2, 0.25) is 0 Å². The molecular formula is C17H23NO3. The van der Waals surface area contributed by atoms with Gasteiger partial charge in [0, 0.05) is 19.5 Å². The van der Waals surface area contributed by atoms with E-state index in [0.717, 1.165) is 17.7 Å². The molecule has 2 aliphatic heterocycles. The summed E-state index contributed by atoms with van der Waals surface area (Å²) in [6.45, 7) is 7.29. The molecule has 0 bridgehead atoms. The van der Waals surface area contributed by atoms with Gasteiger partial charge in [0.15, 0.2) is 6.10 Å². The van der Waals surface area contributed by atoms with Crippen molar-refractivity contribution in [2.75, 3.05) is 13.1 Å². The third kappa shape index (κ3) is 2.64. The summed E-state index contributed by atoms with van der Waals surface area (Å²) in [5.41, 5.74) is 3.53. The van der Waals surface area contributed by atoms with Crippen molar-refractivity contribution in [3.05, 3.63) is 28.8 Å². The number of β-amino-alcohol motifs (C(OH)–C–C–N with tert-alkyl or cyclic N) is 1. The summed E-state index contributed by atoms with van der Waals surface area (Å²) < 4.78 is 5.85. The number of ether oxygens (including phenoxy) is 1. The molecule has 4 nitrogen and oxygen atoms in total. The molecule has 2 heterocycles. The van der Waals surface area contributed by atoms with Crippen molar-refractivity contribution in [2.45, 2.75) is 45.8 Å². The molecule has 1 fully saturated rings. The smallest absolute Gasteiger partial charge is 0.264 e. The summed E-state index contributed by atoms with van der Waals surface area (Å²) in [5.74, 6) is 1.11. The minimum atomic E-state index is -0.429. The van der Waals surface area contributed by atoms with Crippen LogP contribution in [0.5, 0.6) is 5.75 Å². The molecule has 0 aliphatic carbocycles. The molecule has 0 spiro atoms. The van der Waals surface area contributed by atoms with Gasteiger partial charge in [0.1, 0.15) is 5.75 Å². The zero-order valence-electron chi connectivity index (χ0n) is 12.9. The van der Waals surface area contributed by atoms with Gasteiger partial charge in [-0.2, -0.15) is 0 Å². The number of amides is 1. The van der Waals surface area contributed by atoms with Gasteiger partial charge in [-0.05, 0) is 48.9 Å². The SMILES string of the molecule is Cc1cc2c(cc1C)OC(C(=O)N1CCC(C)C(O)C1)C2. The standard InChI is InChI=1S/C17H23NO3/c1-10-4-5-18(9-14(10)19)17(20)16-8-13-6-11(2)12(3)7-15(13)21-16/h6-7,10,14,16,19H,4-5,8-9H2,1-3H3. The first-order valence-electron chi connectivity index (χ1n) is 7.69. The number of benzene rings is 1. The number of fused-ring (bicyclic) bond motifs is 1. The average molecular weight is 289 g/mol. The lowest BCUT2D eigenvalue weighted by Gasteiger charge is -2.35. The Bertz CT molecular complexity index is 538. The van der Waals surface area contributed by atoms with E-state index in [9.17, 15) is 9.90 Å². The van der Waals surface area contributed by atoms with Gasteiger partial charge in [-0.25, -0.2) is 0 Å². The third-order valence-electron chi connectivity index (χ3n) is 4.86. The van der Waals surface area contributed by atoms with Crippen LogP contribution in [0.15, 0.2) is 12.1 Å². The number of likely N-dealkylation sites (tertiary alicyclic amines) is 1. The van der Waals surface area contributed by atoms with E-state index >= 15 is 0 Å². The minimum Gasteiger partial charge on any atom is -0.480 e. The van der Waals surface area contributed by atoms with E-state index in [4.69, 9.17) is 4.74 Å². The van der Waals surface area contributed by atoms with Crippen molar-refractivity contribution in [2.24, 2.45) is 5.92 Å². The number of hydrogen-bond acceptors (Lipinski definition) is 3. The molecule has 4 heteroatoms. The molecule has 3 atom stereocenters. The largest absolute Gasteiger partial charge is 0.480 e. The van der Waals surface area contributed by atoms with Crippen LogP contribution < -0.4 is 4.74 Å². The van der Waals surface area contributed by atoms with Crippen molar-refractivity contribution < 1.29 is 14.6 Å². The van der Waals surface area contributed by atoms with Crippen molar-refractivity contribution in [1.82, 2.24) is 4.90 Å². The molecule has 1 N–H and O–H groups in total. The Morgan fingerprint density at radius 3 is 2.76 bits per heavy atom. The lowest BCUT2D eigenvalue weighted by Crippen LogP contribution is -2.50. The Morgan fingerprint density at radius 2 is 2.05 bits per heavy atom. The lowest BCUT2D eigenvalue weighted by molar-refractivity contribution is -0.142. The van der Waals surface area contributed by atoms with Crippen LogP contribution in [-0.4, -0.2) is 41.2 Å². The van der Waals surface area contributed by atoms with Gasteiger partial charge >= 0.3 is 0 Å². The quantitative estimate of drug-likeness (QED) is 0.858. The number of aliphatic hydroxyl groups is 1. The predicted octanol–water partition coefficient (Wildman–Crippen LogP) is 1.84. The Labute approximate surface area is 125 Å². The van der Waals surface area contributed by atoms with Crippen LogP contribution in [0.25, 0.3) is 0 Å². The summed E-state index contributed by atoms with van der Waals surface area (Å²) in [4.78, 5) is 14.3. The van der Waals surface area contributed by atoms with Gasteiger partial charge in [0.25, 0.3) is 5.91 Å². The second kappa shape index (κ2) is 5.34. The minimum absolute atomic E-state index is 0.00690. The lowest BCUT2D eigenvalue weighted by atomic mass is 9.95. The fourth-order valence-corrected chi connectivity index (χ4v) is 3.10. The van der Waals surface area contributed by atoms with Gasteiger partial charge in [-0.1, -0.05) is 13.0 Å². The molecule has 0 aromatic heterocycles. The topological polar surface area (TPSA) is 49.8 Å². The van der Waals surface area contributed by atoms with Gasteiger partial charge in [0.05, 0.1) is 6.10 Å². The number of carbonyl (C=O) groups excluding carboxylic acids is 1. The molecule has 0 saturated carbocycles. The molecular weight excluding hydrogens is 266 g/mol. The monoisotopic (exact) mass is 289 g/mol. The molecule has 21 heavy (non-hydrogen) atoms. The van der Waals surface area contributed by atoms with E-state index in [1.807, 2.05) is 13.0 Å². The summed E-state index contributed by atoms with van der Waals surface area (Å²) in [6.07, 6.45) is 0.639. The summed E-state index contributed by atoms with van der Waals surface area (Å²) in [7, 11) is 0. The molecule has 1 aromatic carbocycles. The number of hydrogen-bond donors (Lipinski definition) is 1. The van der Waals surface area contributed by atoms with E-state index in [0.29, 0.717) is 19.5 Å². The number of piperidine rings is 1. The predicted molar refractivity (Wildman–Crippen MR) is 80.4 cm³/mol. The van der Waals surface area contributed by atoms with Crippen LogP contribution in [0, 0.1) is 19.8 Å². The third-order valence-corrected chi connectivity index (χ3v) is 4.86. The molecule has 1 amide bonds. The van der Waals surface area contributed by atoms with Crippen LogP contribution in [-0.2, 0) is 11.2 Å². The maximum Gasteiger partial charge on any atom is 0.264 e. The van der Waals surface area contributed by atoms with Crippen molar-refractivity contribution in [1.29, 1.82) is 0 Å². The first kappa shape index (κ1) is 14.4. The highest BCUT2D eigenvalue weighted by atomic mass is 16.5. The molecule has 0 radical (unpaired) electrons. The molecule has 1 saturated heterocycles. The zero-order valence-corrected chi connectivity index (χ0v) is 12.9. The van der Waals surface area contributed by atoms with Crippen LogP contribution in [0.3, 0.4) is 0 Å². The van der Waals surface area contributed by atoms with Crippen LogP contribution in [0.2, 0.25) is 0 Å². The Morgan fingerprint density at radius 1 is 1.33 bits per heavy atom. The number of rotatable bonds is 1. The van der Waals surface area contributed by atoms with E-state index < -0.39 is 12.2 Å². The fourth-order valence-electron chi connectivity index (χ4n) is 3.10. The first-order valence-corrected chi connectivity index (χ1v) is 7.69. The Kier molecular flexibility index (Phi) is 3.66. The maximum atomic E-state index is 12.6. The van der Waals surface area contributed by atoms with Gasteiger partial charge in [-0.15, -0.1) is 0 Å². The van der Waals surface area contributed by atoms with E-state index in [1.165, 1.54) is 11.1 Å². The summed E-state index contributed by atoms with van der Waals surface area (Å²) in [6, 6.07) is 4.14. The van der Waals surface area contributed by atoms with Gasteiger partial charge in [-0.3, -0.25) is 4.79 Å². The number of aliphatic hydroxyl groups excluding tert-OH is 1. The number of nitrogens with zero attached hydrogens (tertiary/aromatic N) is 1. The highest BCUT2D eigenvalue weighted by Crippen LogP contribution is 2.32. The number of aryl methyl sites for hydroxylation is 2. The fraction of sp³-hybridized carbons (Fsp3) is 0.588. The average Bonchev–Trinajstić information content (AvgIpc) is 2.84. The van der Waals surface area contributed by atoms with Crippen LogP contribution in [0.4, 0.5) is 0 Å². The van der Waals surface area contributed by atoms with Crippen molar-refractivity contribution >= 4 is 5.91 Å². The molecule has 3 unspecified atom stereocenters. The normalized spacial score (nSPS) is 28.2. The second-order valence-corrected chi connectivity index (χ2v) is 6.47. The van der Waals surface area contributed by atoms with Crippen molar-refractivity contribution in [3.63, 3.8) is 0 Å².